The number of nitrogens with zero attached hydrogens (tertiary/aromatic N) is 2. The van der Waals surface area contributed by atoms with Crippen LogP contribution in [0.1, 0.15) is 0 Å². The van der Waals surface area contributed by atoms with E-state index in [4.69, 9.17) is 15.4 Å². The van der Waals surface area contributed by atoms with Crippen molar-refractivity contribution in [2.45, 2.75) is 4.90 Å². The number of hydrazine groups is 1. The molecule has 1 aliphatic rings. The second-order valence-corrected chi connectivity index (χ2v) is 6.19. The summed E-state index contributed by atoms with van der Waals surface area (Å²) in [5, 5.41) is 1.74. The molecular formula is C10H12ClN3O3S. The first-order valence-corrected chi connectivity index (χ1v) is 7.47. The van der Waals surface area contributed by atoms with Gasteiger partial charge in [0.05, 0.1) is 30.8 Å². The Labute approximate surface area is 110 Å². The molecule has 0 spiro atoms. The molecule has 6 nitrogen and oxygen atoms in total. The van der Waals surface area contributed by atoms with E-state index < -0.39 is 9.05 Å². The fraction of sp³-hybridized carbons (Fsp3) is 0.300. The molecule has 0 aromatic heterocycles. The van der Waals surface area contributed by atoms with Gasteiger partial charge in [-0.2, -0.15) is 0 Å². The molecule has 0 aliphatic carbocycles. The zero-order chi connectivity index (χ0) is 13.2. The number of methoxy groups -OCH3 is 1. The predicted molar refractivity (Wildman–Crippen MR) is 69.7 cm³/mol. The minimum absolute atomic E-state index is 0.0172. The Morgan fingerprint density at radius 3 is 2.83 bits per heavy atom. The van der Waals surface area contributed by atoms with Crippen molar-refractivity contribution in [2.75, 3.05) is 25.6 Å². The smallest absolute Gasteiger partial charge is 0.261 e. The van der Waals surface area contributed by atoms with Gasteiger partial charge in [-0.1, -0.05) is 0 Å². The first-order chi connectivity index (χ1) is 8.50. The van der Waals surface area contributed by atoms with Crippen LogP contribution < -0.4 is 10.2 Å². The van der Waals surface area contributed by atoms with E-state index in [2.05, 4.69) is 10.4 Å². The monoisotopic (exact) mass is 289 g/mol. The molecule has 0 bridgehead atoms. The molecule has 0 fully saturated rings. The number of hydrogen-bond acceptors (Lipinski definition) is 6. The van der Waals surface area contributed by atoms with Gasteiger partial charge < -0.3 is 4.74 Å². The molecule has 0 amide bonds. The van der Waals surface area contributed by atoms with Crippen LogP contribution in [-0.2, 0) is 9.05 Å². The maximum atomic E-state index is 11.3. The molecule has 1 N–H and O–H groups in total. The highest BCUT2D eigenvalue weighted by molar-refractivity contribution is 8.13. The quantitative estimate of drug-likeness (QED) is 0.846. The average Bonchev–Trinajstić information content (AvgIpc) is 2.80. The standard InChI is InChI=1S/C10H12ClN3O3S/c1-17-10-3-2-8(18(11,15)16)6-9(10)13-14-5-4-12-7-14/h2-3,6-7,13H,4-5H2,1H3. The Morgan fingerprint density at radius 2 is 2.28 bits per heavy atom. The SMILES string of the molecule is COc1ccc(S(=O)(=O)Cl)cc1NN1C=NCC1. The molecule has 0 saturated heterocycles. The third kappa shape index (κ3) is 2.85. The molecule has 1 heterocycles. The van der Waals surface area contributed by atoms with E-state index in [0.29, 0.717) is 24.5 Å². The molecule has 98 valence electrons. The topological polar surface area (TPSA) is 71.0 Å². The van der Waals surface area contributed by atoms with Crippen molar-refractivity contribution < 1.29 is 13.2 Å². The summed E-state index contributed by atoms with van der Waals surface area (Å²) in [5.41, 5.74) is 3.53. The summed E-state index contributed by atoms with van der Waals surface area (Å²) in [6.45, 7) is 1.41. The van der Waals surface area contributed by atoms with Crippen LogP contribution in [0.2, 0.25) is 0 Å². The van der Waals surface area contributed by atoms with Crippen LogP contribution >= 0.6 is 10.7 Å². The van der Waals surface area contributed by atoms with Gasteiger partial charge in [-0.05, 0) is 18.2 Å². The lowest BCUT2D eigenvalue weighted by molar-refractivity contribution is 0.413. The minimum Gasteiger partial charge on any atom is -0.495 e. The highest BCUT2D eigenvalue weighted by Gasteiger charge is 2.15. The molecule has 1 aromatic rings. The lowest BCUT2D eigenvalue weighted by Crippen LogP contribution is -2.26. The van der Waals surface area contributed by atoms with Crippen molar-refractivity contribution in [2.24, 2.45) is 4.99 Å². The fourth-order valence-corrected chi connectivity index (χ4v) is 2.32. The average molecular weight is 290 g/mol. The van der Waals surface area contributed by atoms with E-state index in [0.717, 1.165) is 0 Å². The van der Waals surface area contributed by atoms with Crippen LogP contribution in [0.4, 0.5) is 5.69 Å². The van der Waals surface area contributed by atoms with Gasteiger partial charge in [0.25, 0.3) is 9.05 Å². The lowest BCUT2D eigenvalue weighted by Gasteiger charge is -2.19. The van der Waals surface area contributed by atoms with E-state index in [1.165, 1.54) is 19.2 Å². The number of hydrogen-bond donors (Lipinski definition) is 1. The molecular weight excluding hydrogens is 278 g/mol. The summed E-state index contributed by atoms with van der Waals surface area (Å²) in [6, 6.07) is 4.36. The van der Waals surface area contributed by atoms with Crippen molar-refractivity contribution in [3.05, 3.63) is 18.2 Å². The van der Waals surface area contributed by atoms with Crippen LogP contribution in [0, 0.1) is 0 Å². The van der Waals surface area contributed by atoms with E-state index in [9.17, 15) is 8.42 Å². The molecule has 0 unspecified atom stereocenters. The maximum absolute atomic E-state index is 11.3. The normalized spacial score (nSPS) is 14.9. The summed E-state index contributed by atoms with van der Waals surface area (Å²) in [4.78, 5) is 4.06. The molecule has 8 heteroatoms. The van der Waals surface area contributed by atoms with E-state index in [-0.39, 0.29) is 4.90 Å². The van der Waals surface area contributed by atoms with E-state index >= 15 is 0 Å². The Bertz CT molecular complexity index is 574. The number of anilines is 1. The highest BCUT2D eigenvalue weighted by atomic mass is 35.7. The predicted octanol–water partition coefficient (Wildman–Crippen LogP) is 1.29. The van der Waals surface area contributed by atoms with E-state index in [1.807, 2.05) is 0 Å². The van der Waals surface area contributed by atoms with Crippen LogP contribution in [0.3, 0.4) is 0 Å². The van der Waals surface area contributed by atoms with Gasteiger partial charge in [0, 0.05) is 10.7 Å². The van der Waals surface area contributed by atoms with Crippen LogP contribution in [0.25, 0.3) is 0 Å². The third-order valence-corrected chi connectivity index (χ3v) is 3.76. The van der Waals surface area contributed by atoms with Gasteiger partial charge in [0.15, 0.2) is 0 Å². The van der Waals surface area contributed by atoms with Crippen molar-refractivity contribution in [1.82, 2.24) is 5.01 Å². The van der Waals surface area contributed by atoms with Gasteiger partial charge in [-0.25, -0.2) is 8.42 Å². The van der Waals surface area contributed by atoms with E-state index in [1.54, 1.807) is 17.4 Å². The zero-order valence-corrected chi connectivity index (χ0v) is 11.2. The Hall–Kier alpha value is -1.47. The largest absolute Gasteiger partial charge is 0.495 e. The molecule has 0 saturated carbocycles. The molecule has 0 atom stereocenters. The van der Waals surface area contributed by atoms with Gasteiger partial charge in [-0.3, -0.25) is 15.4 Å². The van der Waals surface area contributed by atoms with Gasteiger partial charge >= 0.3 is 0 Å². The Balaban J connectivity index is 2.33. The Kier molecular flexibility index (Phi) is 3.63. The summed E-state index contributed by atoms with van der Waals surface area (Å²) in [6.07, 6.45) is 1.64. The summed E-state index contributed by atoms with van der Waals surface area (Å²) < 4.78 is 27.7. The number of ether oxygens (including phenoxy) is 1. The maximum Gasteiger partial charge on any atom is 0.261 e. The van der Waals surface area contributed by atoms with Crippen LogP contribution in [-0.4, -0.2) is 40.0 Å². The molecule has 18 heavy (non-hydrogen) atoms. The number of benzene rings is 1. The summed E-state index contributed by atoms with van der Waals surface area (Å²) in [7, 11) is 3.05. The second kappa shape index (κ2) is 5.03. The lowest BCUT2D eigenvalue weighted by atomic mass is 10.3. The number of halogens is 1. The Morgan fingerprint density at radius 1 is 1.50 bits per heavy atom. The van der Waals surface area contributed by atoms with Crippen LogP contribution in [0.5, 0.6) is 5.75 Å². The van der Waals surface area contributed by atoms with Gasteiger partial charge in [0.1, 0.15) is 12.1 Å². The van der Waals surface area contributed by atoms with Crippen molar-refractivity contribution in [1.29, 1.82) is 0 Å². The third-order valence-electron chi connectivity index (χ3n) is 2.41. The number of aliphatic imine (C=N–C) groups is 1. The molecule has 2 rings (SSSR count). The number of rotatable bonds is 4. The molecule has 1 aromatic carbocycles. The molecule has 0 radical (unpaired) electrons. The first-order valence-electron chi connectivity index (χ1n) is 5.16. The van der Waals surface area contributed by atoms with Gasteiger partial charge in [0.2, 0.25) is 0 Å². The summed E-state index contributed by atoms with van der Waals surface area (Å²) in [5.74, 6) is 0.527. The van der Waals surface area contributed by atoms with Crippen molar-refractivity contribution in [3.8, 4) is 5.75 Å². The highest BCUT2D eigenvalue weighted by Crippen LogP contribution is 2.29. The number of nitrogens with one attached hydrogen (secondary N) is 1. The molecule has 1 aliphatic heterocycles. The van der Waals surface area contributed by atoms with Crippen molar-refractivity contribution in [3.63, 3.8) is 0 Å². The van der Waals surface area contributed by atoms with Gasteiger partial charge in [-0.15, -0.1) is 0 Å². The van der Waals surface area contributed by atoms with Crippen molar-refractivity contribution >= 4 is 31.8 Å². The second-order valence-electron chi connectivity index (χ2n) is 3.63. The minimum atomic E-state index is -3.76. The fourth-order valence-electron chi connectivity index (χ4n) is 1.55. The zero-order valence-electron chi connectivity index (χ0n) is 9.63. The summed E-state index contributed by atoms with van der Waals surface area (Å²) >= 11 is 0. The van der Waals surface area contributed by atoms with Crippen LogP contribution in [0.15, 0.2) is 28.1 Å². The first kappa shape index (κ1) is 13.0.